The first-order chi connectivity index (χ1) is 39.3. The Morgan fingerprint density at radius 3 is 1.16 bits per heavy atom. The minimum Gasteiger partial charge on any atom is -0.394 e. The molecule has 3 saturated heterocycles. The molecule has 17 unspecified atom stereocenters. The molecule has 1 amide bonds. The summed E-state index contributed by atoms with van der Waals surface area (Å²) >= 11 is 0. The Morgan fingerprint density at radius 1 is 0.432 bits per heavy atom. The fourth-order valence-corrected chi connectivity index (χ4v) is 11.3. The summed E-state index contributed by atoms with van der Waals surface area (Å²) in [7, 11) is 0. The fraction of sp³-hybridized carbons (Fsp3) is 0.952. The van der Waals surface area contributed by atoms with Crippen molar-refractivity contribution in [1.82, 2.24) is 5.32 Å². The van der Waals surface area contributed by atoms with Crippen LogP contribution in [0.25, 0.3) is 0 Å². The van der Waals surface area contributed by atoms with Crippen molar-refractivity contribution in [3.05, 3.63) is 12.2 Å². The van der Waals surface area contributed by atoms with Crippen LogP contribution in [0.5, 0.6) is 0 Å². The Bertz CT molecular complexity index is 1530. The molecular formula is C62H117NO18. The molecule has 3 aliphatic heterocycles. The number of rotatable bonds is 49. The summed E-state index contributed by atoms with van der Waals surface area (Å²) in [6, 6.07) is -0.965. The van der Waals surface area contributed by atoms with Crippen molar-refractivity contribution in [1.29, 1.82) is 0 Å². The number of carbonyl (C=O) groups is 1. The number of ether oxygens (including phenoxy) is 6. The van der Waals surface area contributed by atoms with Gasteiger partial charge in [0.15, 0.2) is 18.9 Å². The molecule has 3 rings (SSSR count). The molecule has 0 aromatic rings. The van der Waals surface area contributed by atoms with E-state index >= 15 is 0 Å². The van der Waals surface area contributed by atoms with Gasteiger partial charge in [0.1, 0.15) is 73.2 Å². The summed E-state index contributed by atoms with van der Waals surface area (Å²) < 4.78 is 34.2. The van der Waals surface area contributed by atoms with E-state index in [0.717, 1.165) is 57.8 Å². The zero-order valence-electron chi connectivity index (χ0n) is 50.0. The zero-order valence-corrected chi connectivity index (χ0v) is 50.0. The number of amides is 1. The van der Waals surface area contributed by atoms with E-state index in [-0.39, 0.29) is 18.9 Å². The summed E-state index contributed by atoms with van der Waals surface area (Å²) in [4.78, 5) is 13.1. The van der Waals surface area contributed by atoms with Crippen molar-refractivity contribution in [2.24, 2.45) is 0 Å². The number of allylic oxidation sites excluding steroid dienone is 1. The minimum absolute atomic E-state index is 0.243. The highest BCUT2D eigenvalue weighted by molar-refractivity contribution is 5.76. The van der Waals surface area contributed by atoms with E-state index in [0.29, 0.717) is 6.42 Å². The maximum Gasteiger partial charge on any atom is 0.220 e. The molecule has 19 heteroatoms. The van der Waals surface area contributed by atoms with Gasteiger partial charge >= 0.3 is 0 Å². The number of hydrogen-bond donors (Lipinski definition) is 12. The van der Waals surface area contributed by atoms with Gasteiger partial charge in [-0.25, -0.2) is 0 Å². The van der Waals surface area contributed by atoms with E-state index in [4.69, 9.17) is 28.4 Å². The molecule has 12 N–H and O–H groups in total. The van der Waals surface area contributed by atoms with Crippen molar-refractivity contribution >= 4 is 5.91 Å². The first-order valence-corrected chi connectivity index (χ1v) is 32.4. The largest absolute Gasteiger partial charge is 0.394 e. The van der Waals surface area contributed by atoms with Crippen molar-refractivity contribution in [3.8, 4) is 0 Å². The van der Waals surface area contributed by atoms with Crippen LogP contribution in [0, 0.1) is 0 Å². The second-order valence-electron chi connectivity index (χ2n) is 23.6. The SMILES string of the molecule is CCCCCCCCCCCCCCCCCCCCCCCCCCCCCC/C=C/C(O)C(COC1OC(CO)C(OC2OC(CO)C(OC3OC(CO)C(O)C(O)C3O)C(O)C2O)C(O)C1O)NC(=O)CCCCCCCC. The molecule has 3 heterocycles. The van der Waals surface area contributed by atoms with Crippen LogP contribution in [0.3, 0.4) is 0 Å². The third-order valence-corrected chi connectivity index (χ3v) is 16.6. The summed E-state index contributed by atoms with van der Waals surface area (Å²) in [6.07, 6.45) is 21.3. The normalized spacial score (nSPS) is 29.8. The number of hydrogen-bond acceptors (Lipinski definition) is 18. The topological polar surface area (TPSA) is 307 Å². The Morgan fingerprint density at radius 2 is 0.765 bits per heavy atom. The highest BCUT2D eigenvalue weighted by atomic mass is 16.8. The lowest BCUT2D eigenvalue weighted by Gasteiger charge is -2.48. The highest BCUT2D eigenvalue weighted by Gasteiger charge is 2.53. The second-order valence-corrected chi connectivity index (χ2v) is 23.6. The Balaban J connectivity index is 1.34. The van der Waals surface area contributed by atoms with Gasteiger partial charge in [0.25, 0.3) is 0 Å². The molecule has 17 atom stereocenters. The van der Waals surface area contributed by atoms with Gasteiger partial charge in [-0.1, -0.05) is 231 Å². The summed E-state index contributed by atoms with van der Waals surface area (Å²) in [5.74, 6) is -0.283. The smallest absolute Gasteiger partial charge is 0.220 e. The van der Waals surface area contributed by atoms with Crippen molar-refractivity contribution < 1.29 is 89.4 Å². The van der Waals surface area contributed by atoms with Crippen LogP contribution in [-0.4, -0.2) is 193 Å². The lowest BCUT2D eigenvalue weighted by atomic mass is 9.96. The van der Waals surface area contributed by atoms with Crippen LogP contribution in [-0.2, 0) is 33.2 Å². The molecule has 3 aliphatic rings. The van der Waals surface area contributed by atoms with Gasteiger partial charge in [-0.2, -0.15) is 0 Å². The maximum absolute atomic E-state index is 13.1. The predicted octanol–water partition coefficient (Wildman–Crippen LogP) is 6.94. The minimum atomic E-state index is -1.97. The average Bonchev–Trinajstić information content (AvgIpc) is 3.57. The monoisotopic (exact) mass is 1160 g/mol. The predicted molar refractivity (Wildman–Crippen MR) is 310 cm³/mol. The average molecular weight is 1160 g/mol. The van der Waals surface area contributed by atoms with Gasteiger partial charge in [0, 0.05) is 6.42 Å². The molecule has 478 valence electrons. The summed E-state index contributed by atoms with van der Waals surface area (Å²) in [6.45, 7) is 1.66. The number of aliphatic hydroxyl groups is 11. The van der Waals surface area contributed by atoms with Gasteiger partial charge in [-0.3, -0.25) is 4.79 Å². The van der Waals surface area contributed by atoms with Crippen molar-refractivity contribution in [2.75, 3.05) is 26.4 Å². The summed E-state index contributed by atoms with van der Waals surface area (Å²) in [5, 5.41) is 120. The van der Waals surface area contributed by atoms with E-state index in [9.17, 15) is 61.0 Å². The van der Waals surface area contributed by atoms with Crippen LogP contribution in [0.4, 0.5) is 0 Å². The van der Waals surface area contributed by atoms with E-state index in [1.807, 2.05) is 6.08 Å². The van der Waals surface area contributed by atoms with Crippen LogP contribution in [0.1, 0.15) is 245 Å². The van der Waals surface area contributed by atoms with Gasteiger partial charge in [-0.05, 0) is 19.3 Å². The first kappa shape index (κ1) is 73.8. The lowest BCUT2D eigenvalue weighted by molar-refractivity contribution is -0.379. The standard InChI is InChI=1S/C62H117NO18/c1-3-5-7-9-11-12-13-14-15-16-17-18-19-20-21-22-23-24-25-26-27-28-29-30-31-32-33-34-35-37-39-46(67)45(63-50(68)40-38-36-10-8-6-4-2)44-76-60-56(74)53(71)58(48(42-65)78-60)81-62-57(75)54(72)59(49(43-66)79-62)80-61-55(73)52(70)51(69)47(41-64)77-61/h37,39,45-49,51-62,64-67,69-75H,3-36,38,40-44H2,1-2H3,(H,63,68)/b39-37+. The number of unbranched alkanes of at least 4 members (excludes halogenated alkanes) is 33. The molecule has 0 aliphatic carbocycles. The molecule has 19 nitrogen and oxygen atoms in total. The van der Waals surface area contributed by atoms with Gasteiger partial charge in [0.2, 0.25) is 5.91 Å². The molecule has 0 spiro atoms. The highest BCUT2D eigenvalue weighted by Crippen LogP contribution is 2.33. The number of carbonyl (C=O) groups excluding carboxylic acids is 1. The molecule has 81 heavy (non-hydrogen) atoms. The van der Waals surface area contributed by atoms with Crippen LogP contribution in [0.2, 0.25) is 0 Å². The molecule has 3 fully saturated rings. The summed E-state index contributed by atoms with van der Waals surface area (Å²) in [5.41, 5.74) is 0. The zero-order chi connectivity index (χ0) is 59.0. The molecule has 0 aromatic heterocycles. The van der Waals surface area contributed by atoms with E-state index in [1.165, 1.54) is 161 Å². The molecule has 0 aromatic carbocycles. The second kappa shape index (κ2) is 45.8. The molecule has 0 saturated carbocycles. The Kier molecular flexibility index (Phi) is 41.7. The van der Waals surface area contributed by atoms with Gasteiger partial charge in [0.05, 0.1) is 38.6 Å². The Hall–Kier alpha value is -1.47. The van der Waals surface area contributed by atoms with Gasteiger partial charge in [-0.15, -0.1) is 0 Å². The molecule has 0 bridgehead atoms. The number of aliphatic hydroxyl groups excluding tert-OH is 11. The fourth-order valence-electron chi connectivity index (χ4n) is 11.3. The Labute approximate surface area is 486 Å². The van der Waals surface area contributed by atoms with Crippen LogP contribution >= 0.6 is 0 Å². The maximum atomic E-state index is 13.1. The van der Waals surface area contributed by atoms with Crippen LogP contribution in [0.15, 0.2) is 12.2 Å². The quantitative estimate of drug-likeness (QED) is 0.0217. The van der Waals surface area contributed by atoms with Crippen molar-refractivity contribution in [3.63, 3.8) is 0 Å². The third-order valence-electron chi connectivity index (χ3n) is 16.6. The van der Waals surface area contributed by atoms with E-state index in [2.05, 4.69) is 19.2 Å². The molecule has 0 radical (unpaired) electrons. The van der Waals surface area contributed by atoms with Gasteiger partial charge < -0.3 is 89.9 Å². The lowest BCUT2D eigenvalue weighted by Crippen LogP contribution is -2.66. The van der Waals surface area contributed by atoms with E-state index < -0.39 is 124 Å². The molecular weight excluding hydrogens is 1050 g/mol. The van der Waals surface area contributed by atoms with E-state index in [1.54, 1.807) is 6.08 Å². The number of nitrogens with one attached hydrogen (secondary N) is 1. The van der Waals surface area contributed by atoms with Crippen LogP contribution < -0.4 is 5.32 Å². The first-order valence-electron chi connectivity index (χ1n) is 32.4. The van der Waals surface area contributed by atoms with Crippen molar-refractivity contribution in [2.45, 2.75) is 349 Å². The third kappa shape index (κ3) is 29.2.